The van der Waals surface area contributed by atoms with Crippen molar-refractivity contribution in [3.8, 4) is 0 Å². The molecule has 0 radical (unpaired) electrons. The SMILES string of the molecule is CC(CNC(=O)OC(C)(C)C)n1cc(N)cn1. The number of hydrogen-bond donors (Lipinski definition) is 2. The van der Waals surface area contributed by atoms with Crippen LogP contribution in [0.3, 0.4) is 0 Å². The highest BCUT2D eigenvalue weighted by molar-refractivity contribution is 5.67. The van der Waals surface area contributed by atoms with Crippen LogP contribution in [0.25, 0.3) is 0 Å². The highest BCUT2D eigenvalue weighted by atomic mass is 16.6. The van der Waals surface area contributed by atoms with E-state index in [9.17, 15) is 4.79 Å². The first-order valence-electron chi connectivity index (χ1n) is 5.54. The summed E-state index contributed by atoms with van der Waals surface area (Å²) in [7, 11) is 0. The monoisotopic (exact) mass is 240 g/mol. The molecule has 0 aromatic carbocycles. The topological polar surface area (TPSA) is 82.2 Å². The molecule has 0 fully saturated rings. The average Bonchev–Trinajstić information content (AvgIpc) is 2.58. The minimum Gasteiger partial charge on any atom is -0.444 e. The summed E-state index contributed by atoms with van der Waals surface area (Å²) in [6.45, 7) is 7.85. The fourth-order valence-electron chi connectivity index (χ4n) is 1.23. The lowest BCUT2D eigenvalue weighted by atomic mass is 10.2. The van der Waals surface area contributed by atoms with Gasteiger partial charge < -0.3 is 15.8 Å². The first kappa shape index (κ1) is 13.3. The van der Waals surface area contributed by atoms with Crippen molar-refractivity contribution in [2.75, 3.05) is 12.3 Å². The molecule has 17 heavy (non-hydrogen) atoms. The van der Waals surface area contributed by atoms with Gasteiger partial charge in [-0.2, -0.15) is 5.10 Å². The molecule has 96 valence electrons. The Kier molecular flexibility index (Phi) is 3.98. The van der Waals surface area contributed by atoms with Crippen LogP contribution in [-0.4, -0.2) is 28.0 Å². The van der Waals surface area contributed by atoms with E-state index in [2.05, 4.69) is 10.4 Å². The fraction of sp³-hybridized carbons (Fsp3) is 0.636. The summed E-state index contributed by atoms with van der Waals surface area (Å²) in [5.74, 6) is 0. The number of nitrogens with one attached hydrogen (secondary N) is 1. The van der Waals surface area contributed by atoms with Crippen LogP contribution in [0.1, 0.15) is 33.7 Å². The third-order valence-electron chi connectivity index (χ3n) is 2.01. The van der Waals surface area contributed by atoms with E-state index in [1.807, 2.05) is 27.7 Å². The quantitative estimate of drug-likeness (QED) is 0.839. The molecule has 3 N–H and O–H groups in total. The first-order valence-corrected chi connectivity index (χ1v) is 5.54. The number of amides is 1. The van der Waals surface area contributed by atoms with Crippen molar-refractivity contribution < 1.29 is 9.53 Å². The van der Waals surface area contributed by atoms with Crippen molar-refractivity contribution in [3.05, 3.63) is 12.4 Å². The summed E-state index contributed by atoms with van der Waals surface area (Å²) in [4.78, 5) is 11.4. The van der Waals surface area contributed by atoms with Crippen LogP contribution in [0, 0.1) is 0 Å². The average molecular weight is 240 g/mol. The molecule has 0 aliphatic rings. The second kappa shape index (κ2) is 5.07. The van der Waals surface area contributed by atoms with E-state index in [0.717, 1.165) is 0 Å². The molecule has 0 spiro atoms. The summed E-state index contributed by atoms with van der Waals surface area (Å²) in [6, 6.07) is 0.0276. The normalized spacial score (nSPS) is 13.2. The van der Waals surface area contributed by atoms with Crippen LogP contribution in [0.2, 0.25) is 0 Å². The van der Waals surface area contributed by atoms with Gasteiger partial charge in [0.25, 0.3) is 0 Å². The maximum Gasteiger partial charge on any atom is 0.407 e. The Balaban J connectivity index is 2.38. The molecule has 0 aliphatic carbocycles. The highest BCUT2D eigenvalue weighted by Gasteiger charge is 2.16. The molecule has 6 nitrogen and oxygen atoms in total. The molecule has 0 aliphatic heterocycles. The van der Waals surface area contributed by atoms with Gasteiger partial charge >= 0.3 is 6.09 Å². The largest absolute Gasteiger partial charge is 0.444 e. The first-order chi connectivity index (χ1) is 7.78. The van der Waals surface area contributed by atoms with E-state index in [0.29, 0.717) is 12.2 Å². The summed E-state index contributed by atoms with van der Waals surface area (Å²) in [5.41, 5.74) is 5.68. The summed E-state index contributed by atoms with van der Waals surface area (Å²) in [6.07, 6.45) is 2.87. The van der Waals surface area contributed by atoms with Crippen LogP contribution in [0.4, 0.5) is 10.5 Å². The Labute approximate surface area is 101 Å². The highest BCUT2D eigenvalue weighted by Crippen LogP contribution is 2.08. The zero-order valence-electron chi connectivity index (χ0n) is 10.7. The molecule has 1 rings (SSSR count). The number of aromatic nitrogens is 2. The molecule has 0 saturated carbocycles. The van der Waals surface area contributed by atoms with Gasteiger partial charge in [-0.1, -0.05) is 0 Å². The number of nitrogens with zero attached hydrogens (tertiary/aromatic N) is 2. The van der Waals surface area contributed by atoms with Gasteiger partial charge in [0.05, 0.1) is 17.9 Å². The number of ether oxygens (including phenoxy) is 1. The van der Waals surface area contributed by atoms with E-state index >= 15 is 0 Å². The van der Waals surface area contributed by atoms with Crippen molar-refractivity contribution in [1.82, 2.24) is 15.1 Å². The number of carbonyl (C=O) groups is 1. The second-order valence-corrected chi connectivity index (χ2v) is 4.99. The van der Waals surface area contributed by atoms with Crippen molar-refractivity contribution in [3.63, 3.8) is 0 Å². The van der Waals surface area contributed by atoms with Gasteiger partial charge in [-0.25, -0.2) is 4.79 Å². The van der Waals surface area contributed by atoms with E-state index in [-0.39, 0.29) is 6.04 Å². The number of nitrogen functional groups attached to an aromatic ring is 1. The number of anilines is 1. The Morgan fingerprint density at radius 2 is 2.29 bits per heavy atom. The van der Waals surface area contributed by atoms with E-state index in [4.69, 9.17) is 10.5 Å². The van der Waals surface area contributed by atoms with Gasteiger partial charge in [0, 0.05) is 12.7 Å². The van der Waals surface area contributed by atoms with Crippen LogP contribution >= 0.6 is 0 Å². The Bertz CT molecular complexity index is 381. The van der Waals surface area contributed by atoms with Gasteiger partial charge in [-0.15, -0.1) is 0 Å². The lowest BCUT2D eigenvalue weighted by Crippen LogP contribution is -2.35. The van der Waals surface area contributed by atoms with Gasteiger partial charge in [-0.05, 0) is 27.7 Å². The van der Waals surface area contributed by atoms with Crippen molar-refractivity contribution in [2.24, 2.45) is 0 Å². The Morgan fingerprint density at radius 3 is 2.76 bits per heavy atom. The predicted octanol–water partition coefficient (Wildman–Crippen LogP) is 1.55. The van der Waals surface area contributed by atoms with Gasteiger partial charge in [0.1, 0.15) is 5.60 Å². The standard InChI is InChI=1S/C11H20N4O2/c1-8(15-7-9(12)6-14-15)5-13-10(16)17-11(2,3)4/h6-8H,5,12H2,1-4H3,(H,13,16). The van der Waals surface area contributed by atoms with E-state index < -0.39 is 11.7 Å². The molecule has 0 bridgehead atoms. The minimum absolute atomic E-state index is 0.0276. The maximum absolute atomic E-state index is 11.4. The molecular weight excluding hydrogens is 220 g/mol. The lowest BCUT2D eigenvalue weighted by molar-refractivity contribution is 0.0520. The molecule has 1 atom stereocenters. The number of hydrogen-bond acceptors (Lipinski definition) is 4. The molecule has 0 saturated heterocycles. The molecule has 1 heterocycles. The molecule has 1 aromatic rings. The zero-order chi connectivity index (χ0) is 13.1. The minimum atomic E-state index is -0.483. The number of alkyl carbamates (subject to hydrolysis) is 1. The van der Waals surface area contributed by atoms with Crippen LogP contribution < -0.4 is 11.1 Å². The van der Waals surface area contributed by atoms with Gasteiger partial charge in [-0.3, -0.25) is 4.68 Å². The lowest BCUT2D eigenvalue weighted by Gasteiger charge is -2.20. The Hall–Kier alpha value is -1.72. The van der Waals surface area contributed by atoms with Crippen LogP contribution in [-0.2, 0) is 4.74 Å². The third-order valence-corrected chi connectivity index (χ3v) is 2.01. The molecule has 6 heteroatoms. The molecule has 1 unspecified atom stereocenters. The third kappa shape index (κ3) is 4.76. The van der Waals surface area contributed by atoms with E-state index in [1.165, 1.54) is 0 Å². The smallest absolute Gasteiger partial charge is 0.407 e. The summed E-state index contributed by atoms with van der Waals surface area (Å²) >= 11 is 0. The van der Waals surface area contributed by atoms with Crippen LogP contribution in [0.15, 0.2) is 12.4 Å². The maximum atomic E-state index is 11.4. The van der Waals surface area contributed by atoms with E-state index in [1.54, 1.807) is 17.1 Å². The number of carbonyl (C=O) groups excluding carboxylic acids is 1. The van der Waals surface area contributed by atoms with Crippen LogP contribution in [0.5, 0.6) is 0 Å². The predicted molar refractivity (Wildman–Crippen MR) is 65.6 cm³/mol. The van der Waals surface area contributed by atoms with Crippen molar-refractivity contribution in [2.45, 2.75) is 39.3 Å². The second-order valence-electron chi connectivity index (χ2n) is 4.99. The zero-order valence-corrected chi connectivity index (χ0v) is 10.7. The molecular formula is C11H20N4O2. The fourth-order valence-corrected chi connectivity index (χ4v) is 1.23. The van der Waals surface area contributed by atoms with Crippen molar-refractivity contribution in [1.29, 1.82) is 0 Å². The van der Waals surface area contributed by atoms with Gasteiger partial charge in [0.2, 0.25) is 0 Å². The summed E-state index contributed by atoms with van der Waals surface area (Å²) in [5, 5.41) is 6.75. The summed E-state index contributed by atoms with van der Waals surface area (Å²) < 4.78 is 6.83. The Morgan fingerprint density at radius 1 is 1.65 bits per heavy atom. The van der Waals surface area contributed by atoms with Gasteiger partial charge in [0.15, 0.2) is 0 Å². The number of nitrogens with two attached hydrogens (primary N) is 1. The number of rotatable bonds is 3. The molecule has 1 aromatic heterocycles. The molecule has 1 amide bonds. The van der Waals surface area contributed by atoms with Crippen molar-refractivity contribution >= 4 is 11.8 Å².